The third-order valence-electron chi connectivity index (χ3n) is 3.17. The molecule has 0 heterocycles. The molecule has 0 bridgehead atoms. The Labute approximate surface area is 121 Å². The summed E-state index contributed by atoms with van der Waals surface area (Å²) in [6.45, 7) is 1.92. The monoisotopic (exact) mass is 296 g/mol. The molecule has 0 saturated carbocycles. The van der Waals surface area contributed by atoms with Crippen LogP contribution >= 0.6 is 11.6 Å². The molecule has 0 spiro atoms. The number of hydrogen-bond acceptors (Lipinski definition) is 1. The van der Waals surface area contributed by atoms with Crippen molar-refractivity contribution in [2.75, 3.05) is 0 Å². The minimum Gasteiger partial charge on any atom is -0.392 e. The molecule has 1 unspecified atom stereocenters. The van der Waals surface area contributed by atoms with E-state index in [0.717, 1.165) is 11.1 Å². The molecule has 0 aliphatic rings. The van der Waals surface area contributed by atoms with Gasteiger partial charge in [-0.25, -0.2) is 8.78 Å². The Kier molecular flexibility index (Phi) is 4.73. The Hall–Kier alpha value is -1.45. The summed E-state index contributed by atoms with van der Waals surface area (Å²) >= 11 is 6.08. The fourth-order valence-corrected chi connectivity index (χ4v) is 2.42. The molecule has 0 aliphatic carbocycles. The van der Waals surface area contributed by atoms with E-state index in [1.165, 1.54) is 18.2 Å². The molecule has 2 aromatic carbocycles. The van der Waals surface area contributed by atoms with Crippen LogP contribution in [0, 0.1) is 18.6 Å². The lowest BCUT2D eigenvalue weighted by atomic mass is 10.00. The van der Waals surface area contributed by atoms with Crippen LogP contribution in [0.25, 0.3) is 0 Å². The van der Waals surface area contributed by atoms with Crippen molar-refractivity contribution in [3.05, 3.63) is 69.7 Å². The van der Waals surface area contributed by atoms with Crippen LogP contribution in [-0.2, 0) is 12.8 Å². The fraction of sp³-hybridized carbons (Fsp3) is 0.250. The highest BCUT2D eigenvalue weighted by molar-refractivity contribution is 6.31. The van der Waals surface area contributed by atoms with Crippen LogP contribution in [0.15, 0.2) is 36.4 Å². The van der Waals surface area contributed by atoms with E-state index in [4.69, 9.17) is 11.6 Å². The summed E-state index contributed by atoms with van der Waals surface area (Å²) in [7, 11) is 0. The third kappa shape index (κ3) is 3.56. The molecule has 0 fully saturated rings. The first-order chi connectivity index (χ1) is 9.47. The molecular weight excluding hydrogens is 282 g/mol. The first-order valence-corrected chi connectivity index (χ1v) is 6.71. The lowest BCUT2D eigenvalue weighted by Crippen LogP contribution is -2.16. The maximum Gasteiger partial charge on any atom is 0.129 e. The average molecular weight is 297 g/mol. The molecule has 1 N–H and O–H groups in total. The predicted octanol–water partition coefficient (Wildman–Crippen LogP) is 4.07. The van der Waals surface area contributed by atoms with E-state index in [-0.39, 0.29) is 18.4 Å². The predicted molar refractivity (Wildman–Crippen MR) is 76.0 cm³/mol. The van der Waals surface area contributed by atoms with Gasteiger partial charge in [0.1, 0.15) is 11.6 Å². The van der Waals surface area contributed by atoms with E-state index in [1.54, 1.807) is 6.07 Å². The van der Waals surface area contributed by atoms with Gasteiger partial charge in [0.15, 0.2) is 0 Å². The topological polar surface area (TPSA) is 20.2 Å². The molecule has 2 aromatic rings. The number of aliphatic hydroxyl groups is 1. The van der Waals surface area contributed by atoms with Crippen molar-refractivity contribution in [2.24, 2.45) is 0 Å². The second-order valence-electron chi connectivity index (χ2n) is 4.86. The van der Waals surface area contributed by atoms with Gasteiger partial charge >= 0.3 is 0 Å². The zero-order chi connectivity index (χ0) is 14.7. The number of benzene rings is 2. The molecule has 0 radical (unpaired) electrons. The highest BCUT2D eigenvalue weighted by Gasteiger charge is 2.15. The van der Waals surface area contributed by atoms with Crippen molar-refractivity contribution in [3.8, 4) is 0 Å². The molecule has 1 nitrogen and oxygen atoms in total. The summed E-state index contributed by atoms with van der Waals surface area (Å²) < 4.78 is 27.0. The molecule has 4 heteroatoms. The van der Waals surface area contributed by atoms with E-state index in [9.17, 15) is 13.9 Å². The van der Waals surface area contributed by atoms with Gasteiger partial charge in [-0.1, -0.05) is 29.8 Å². The Morgan fingerprint density at radius 3 is 2.35 bits per heavy atom. The van der Waals surface area contributed by atoms with Gasteiger partial charge in [0, 0.05) is 23.4 Å². The fourth-order valence-electron chi connectivity index (χ4n) is 2.11. The van der Waals surface area contributed by atoms with Crippen molar-refractivity contribution in [1.82, 2.24) is 0 Å². The van der Waals surface area contributed by atoms with Crippen LogP contribution in [0.4, 0.5) is 8.78 Å². The zero-order valence-corrected chi connectivity index (χ0v) is 11.8. The van der Waals surface area contributed by atoms with Crippen molar-refractivity contribution in [3.63, 3.8) is 0 Å². The highest BCUT2D eigenvalue weighted by atomic mass is 35.5. The van der Waals surface area contributed by atoms with Gasteiger partial charge in [0.25, 0.3) is 0 Å². The van der Waals surface area contributed by atoms with E-state index < -0.39 is 17.7 Å². The van der Waals surface area contributed by atoms with Crippen molar-refractivity contribution >= 4 is 11.6 Å². The smallest absolute Gasteiger partial charge is 0.129 e. The van der Waals surface area contributed by atoms with Crippen LogP contribution < -0.4 is 0 Å². The van der Waals surface area contributed by atoms with Gasteiger partial charge in [-0.3, -0.25) is 0 Å². The van der Waals surface area contributed by atoms with Gasteiger partial charge in [-0.15, -0.1) is 0 Å². The third-order valence-corrected chi connectivity index (χ3v) is 3.52. The van der Waals surface area contributed by atoms with E-state index in [1.807, 2.05) is 19.1 Å². The normalized spacial score (nSPS) is 12.4. The van der Waals surface area contributed by atoms with E-state index >= 15 is 0 Å². The minimum atomic E-state index is -0.887. The molecule has 0 aromatic heterocycles. The van der Waals surface area contributed by atoms with E-state index in [0.29, 0.717) is 5.02 Å². The molecule has 0 amide bonds. The second kappa shape index (κ2) is 6.33. The molecule has 2 rings (SSSR count). The van der Waals surface area contributed by atoms with Crippen LogP contribution in [0.5, 0.6) is 0 Å². The van der Waals surface area contributed by atoms with Gasteiger partial charge in [0.05, 0.1) is 6.10 Å². The molecule has 20 heavy (non-hydrogen) atoms. The Balaban J connectivity index is 2.11. The average Bonchev–Trinajstić information content (AvgIpc) is 2.37. The number of aryl methyl sites for hydroxylation is 1. The molecule has 1 atom stereocenters. The summed E-state index contributed by atoms with van der Waals surface area (Å²) in [6.07, 6.45) is -0.711. The molecule has 106 valence electrons. The molecule has 0 aliphatic heterocycles. The number of hydrogen-bond donors (Lipinski definition) is 1. The van der Waals surface area contributed by atoms with Crippen molar-refractivity contribution < 1.29 is 13.9 Å². The maximum absolute atomic E-state index is 13.5. The van der Waals surface area contributed by atoms with Crippen molar-refractivity contribution in [1.29, 1.82) is 0 Å². The number of halogens is 3. The summed E-state index contributed by atoms with van der Waals surface area (Å²) in [5, 5.41) is 10.6. The van der Waals surface area contributed by atoms with Gasteiger partial charge in [-0.2, -0.15) is 0 Å². The largest absolute Gasteiger partial charge is 0.392 e. The van der Waals surface area contributed by atoms with Gasteiger partial charge < -0.3 is 5.11 Å². The van der Waals surface area contributed by atoms with Crippen molar-refractivity contribution in [2.45, 2.75) is 25.9 Å². The lowest BCUT2D eigenvalue weighted by molar-refractivity contribution is 0.172. The Bertz CT molecular complexity index is 593. The standard InChI is InChI=1S/C16H15ClF2O/c1-10-5-6-11(14(17)7-10)8-12(20)9-13-15(18)3-2-4-16(13)19/h2-7,12,20H,8-9H2,1H3. The quantitative estimate of drug-likeness (QED) is 0.901. The Morgan fingerprint density at radius 2 is 1.75 bits per heavy atom. The number of aliphatic hydroxyl groups excluding tert-OH is 1. The first-order valence-electron chi connectivity index (χ1n) is 6.33. The number of rotatable bonds is 4. The minimum absolute atomic E-state index is 0.0806. The van der Waals surface area contributed by atoms with Gasteiger partial charge in [0.2, 0.25) is 0 Å². The maximum atomic E-state index is 13.5. The van der Waals surface area contributed by atoms with Crippen LogP contribution in [-0.4, -0.2) is 11.2 Å². The SMILES string of the molecule is Cc1ccc(CC(O)Cc2c(F)cccc2F)c(Cl)c1. The molecule has 0 saturated heterocycles. The zero-order valence-electron chi connectivity index (χ0n) is 11.0. The highest BCUT2D eigenvalue weighted by Crippen LogP contribution is 2.21. The summed E-state index contributed by atoms with van der Waals surface area (Å²) in [5.41, 5.74) is 1.69. The summed E-state index contributed by atoms with van der Waals surface area (Å²) in [6, 6.07) is 9.18. The van der Waals surface area contributed by atoms with E-state index in [2.05, 4.69) is 0 Å². The molecular formula is C16H15ClF2O. The van der Waals surface area contributed by atoms with Crippen LogP contribution in [0.1, 0.15) is 16.7 Å². The summed E-state index contributed by atoms with van der Waals surface area (Å²) in [4.78, 5) is 0. The summed E-state index contributed by atoms with van der Waals surface area (Å²) in [5.74, 6) is -1.28. The lowest BCUT2D eigenvalue weighted by Gasteiger charge is -2.13. The Morgan fingerprint density at radius 1 is 1.10 bits per heavy atom. The van der Waals surface area contributed by atoms with Crippen LogP contribution in [0.2, 0.25) is 5.02 Å². The second-order valence-corrected chi connectivity index (χ2v) is 5.26. The van der Waals surface area contributed by atoms with Crippen LogP contribution in [0.3, 0.4) is 0 Å². The first kappa shape index (κ1) is 14.9. The van der Waals surface area contributed by atoms with Gasteiger partial charge in [-0.05, 0) is 36.2 Å².